The van der Waals surface area contributed by atoms with Gasteiger partial charge in [0.05, 0.1) is 0 Å². The van der Waals surface area contributed by atoms with E-state index in [9.17, 15) is 9.59 Å². The second-order valence-corrected chi connectivity index (χ2v) is 5.99. The molecule has 2 aromatic carbocycles. The summed E-state index contributed by atoms with van der Waals surface area (Å²) in [6, 6.07) is 15.5. The van der Waals surface area contributed by atoms with Crippen LogP contribution in [0.3, 0.4) is 0 Å². The lowest BCUT2D eigenvalue weighted by Gasteiger charge is -2.22. The molecule has 0 atom stereocenters. The van der Waals surface area contributed by atoms with Gasteiger partial charge in [-0.3, -0.25) is 9.59 Å². The fraction of sp³-hybridized carbons (Fsp3) is 0.300. The maximum atomic E-state index is 12.1. The van der Waals surface area contributed by atoms with Crippen molar-refractivity contribution < 1.29 is 9.59 Å². The molecule has 0 aliphatic rings. The van der Waals surface area contributed by atoms with Crippen molar-refractivity contribution in [3.8, 4) is 0 Å². The number of amides is 2. The van der Waals surface area contributed by atoms with Crippen LogP contribution in [0.4, 0.5) is 0 Å². The van der Waals surface area contributed by atoms with E-state index in [0.29, 0.717) is 25.2 Å². The Morgan fingerprint density at radius 2 is 1.67 bits per heavy atom. The molecule has 0 unspecified atom stereocenters. The summed E-state index contributed by atoms with van der Waals surface area (Å²) >= 11 is 0. The predicted octanol–water partition coefficient (Wildman–Crippen LogP) is 3.08. The zero-order valence-corrected chi connectivity index (χ0v) is 14.5. The molecule has 1 N–H and O–H groups in total. The molecule has 24 heavy (non-hydrogen) atoms. The van der Waals surface area contributed by atoms with Crippen molar-refractivity contribution in [2.45, 2.75) is 27.3 Å². The van der Waals surface area contributed by atoms with Crippen molar-refractivity contribution in [3.63, 3.8) is 0 Å². The van der Waals surface area contributed by atoms with Crippen LogP contribution in [0, 0.1) is 13.8 Å². The number of rotatable bonds is 6. The molecule has 0 saturated heterocycles. The van der Waals surface area contributed by atoms with Gasteiger partial charge in [0.2, 0.25) is 5.91 Å². The van der Waals surface area contributed by atoms with Crippen molar-refractivity contribution in [3.05, 3.63) is 70.8 Å². The van der Waals surface area contributed by atoms with E-state index in [1.165, 1.54) is 0 Å². The number of carbonyl (C=O) groups excluding carboxylic acids is 2. The van der Waals surface area contributed by atoms with Gasteiger partial charge in [0.25, 0.3) is 5.91 Å². The molecule has 126 valence electrons. The van der Waals surface area contributed by atoms with E-state index in [2.05, 4.69) is 5.32 Å². The highest BCUT2D eigenvalue weighted by molar-refractivity contribution is 5.94. The van der Waals surface area contributed by atoms with Crippen LogP contribution in [0.15, 0.2) is 48.5 Å². The van der Waals surface area contributed by atoms with Crippen LogP contribution in [-0.4, -0.2) is 29.8 Å². The monoisotopic (exact) mass is 324 g/mol. The van der Waals surface area contributed by atoms with E-state index in [4.69, 9.17) is 0 Å². The summed E-state index contributed by atoms with van der Waals surface area (Å²) in [5.41, 5.74) is 4.03. The first-order chi connectivity index (χ1) is 11.5. The smallest absolute Gasteiger partial charge is 0.251 e. The minimum absolute atomic E-state index is 0.00263. The minimum atomic E-state index is -0.116. The first-order valence-electron chi connectivity index (χ1n) is 8.12. The molecule has 0 fully saturated rings. The quantitative estimate of drug-likeness (QED) is 0.888. The molecule has 0 aliphatic carbocycles. The molecule has 0 bridgehead atoms. The number of nitrogens with one attached hydrogen (secondary N) is 1. The van der Waals surface area contributed by atoms with Gasteiger partial charge in [-0.1, -0.05) is 42.0 Å². The molecule has 2 amide bonds. The Hall–Kier alpha value is -2.62. The Morgan fingerprint density at radius 1 is 1.00 bits per heavy atom. The topological polar surface area (TPSA) is 49.4 Å². The number of benzene rings is 2. The predicted molar refractivity (Wildman–Crippen MR) is 95.8 cm³/mol. The summed E-state index contributed by atoms with van der Waals surface area (Å²) in [6.07, 6.45) is 0. The van der Waals surface area contributed by atoms with E-state index in [0.717, 1.165) is 16.7 Å². The van der Waals surface area contributed by atoms with E-state index in [1.54, 1.807) is 24.0 Å². The molecule has 4 nitrogen and oxygen atoms in total. The van der Waals surface area contributed by atoms with Gasteiger partial charge < -0.3 is 10.2 Å². The molecule has 0 heterocycles. The first-order valence-corrected chi connectivity index (χ1v) is 8.12. The lowest BCUT2D eigenvalue weighted by Crippen LogP contribution is -2.37. The van der Waals surface area contributed by atoms with E-state index >= 15 is 0 Å². The highest BCUT2D eigenvalue weighted by Gasteiger charge is 2.11. The van der Waals surface area contributed by atoms with E-state index in [1.807, 2.05) is 50.2 Å². The number of nitrogens with zero attached hydrogens (tertiary/aromatic N) is 1. The third kappa shape index (κ3) is 4.95. The molecule has 0 spiro atoms. The molecule has 0 aliphatic heterocycles. The van der Waals surface area contributed by atoms with Crippen molar-refractivity contribution in [1.82, 2.24) is 10.2 Å². The Bertz CT molecular complexity index is 708. The van der Waals surface area contributed by atoms with E-state index < -0.39 is 0 Å². The third-order valence-corrected chi connectivity index (χ3v) is 4.05. The molecular weight excluding hydrogens is 300 g/mol. The standard InChI is InChI=1S/C20H24N2O2/c1-15-8-10-18(11-9-15)20(24)21-12-13-22(17(3)23)14-19-7-5-4-6-16(19)2/h4-11H,12-14H2,1-3H3,(H,21,24). The van der Waals surface area contributed by atoms with Crippen LogP contribution in [0.2, 0.25) is 0 Å². The summed E-state index contributed by atoms with van der Waals surface area (Å²) < 4.78 is 0. The van der Waals surface area contributed by atoms with Crippen molar-refractivity contribution in [2.75, 3.05) is 13.1 Å². The SMILES string of the molecule is CC(=O)N(CCNC(=O)c1ccc(C)cc1)Cc1ccccc1C. The summed E-state index contributed by atoms with van der Waals surface area (Å²) in [4.78, 5) is 25.7. The van der Waals surface area contributed by atoms with Gasteiger partial charge in [0.1, 0.15) is 0 Å². The average Bonchev–Trinajstić information content (AvgIpc) is 2.56. The van der Waals surface area contributed by atoms with Gasteiger partial charge in [0, 0.05) is 32.1 Å². The molecule has 0 aromatic heterocycles. The van der Waals surface area contributed by atoms with Gasteiger partial charge in [-0.2, -0.15) is 0 Å². The van der Waals surface area contributed by atoms with Crippen LogP contribution < -0.4 is 5.32 Å². The highest BCUT2D eigenvalue weighted by Crippen LogP contribution is 2.10. The molecule has 4 heteroatoms. The summed E-state index contributed by atoms with van der Waals surface area (Å²) in [5, 5.41) is 2.87. The Kier molecular flexibility index (Phi) is 6.13. The number of hydrogen-bond acceptors (Lipinski definition) is 2. The minimum Gasteiger partial charge on any atom is -0.350 e. The Morgan fingerprint density at radius 3 is 2.29 bits per heavy atom. The number of hydrogen-bond donors (Lipinski definition) is 1. The van der Waals surface area contributed by atoms with Crippen molar-refractivity contribution in [1.29, 1.82) is 0 Å². The van der Waals surface area contributed by atoms with E-state index in [-0.39, 0.29) is 11.8 Å². The Balaban J connectivity index is 1.90. The van der Waals surface area contributed by atoms with Crippen LogP contribution in [0.1, 0.15) is 34.0 Å². The average molecular weight is 324 g/mol. The van der Waals surface area contributed by atoms with Gasteiger partial charge in [-0.05, 0) is 37.1 Å². The molecule has 0 saturated carbocycles. The second kappa shape index (κ2) is 8.29. The van der Waals surface area contributed by atoms with Crippen LogP contribution >= 0.6 is 0 Å². The third-order valence-electron chi connectivity index (χ3n) is 4.05. The van der Waals surface area contributed by atoms with Gasteiger partial charge in [0.15, 0.2) is 0 Å². The van der Waals surface area contributed by atoms with Crippen molar-refractivity contribution >= 4 is 11.8 Å². The van der Waals surface area contributed by atoms with Crippen LogP contribution in [0.25, 0.3) is 0 Å². The molecule has 2 rings (SSSR count). The molecule has 2 aromatic rings. The van der Waals surface area contributed by atoms with Gasteiger partial charge in [-0.25, -0.2) is 0 Å². The zero-order valence-electron chi connectivity index (χ0n) is 14.5. The number of aryl methyl sites for hydroxylation is 2. The normalized spacial score (nSPS) is 10.3. The molecule has 0 radical (unpaired) electrons. The zero-order chi connectivity index (χ0) is 17.5. The van der Waals surface area contributed by atoms with Crippen LogP contribution in [-0.2, 0) is 11.3 Å². The maximum absolute atomic E-state index is 12.1. The van der Waals surface area contributed by atoms with Gasteiger partial charge in [-0.15, -0.1) is 0 Å². The first kappa shape index (κ1) is 17.7. The second-order valence-electron chi connectivity index (χ2n) is 5.99. The highest BCUT2D eigenvalue weighted by atomic mass is 16.2. The van der Waals surface area contributed by atoms with Crippen molar-refractivity contribution in [2.24, 2.45) is 0 Å². The Labute approximate surface area is 143 Å². The fourth-order valence-electron chi connectivity index (χ4n) is 2.45. The lowest BCUT2D eigenvalue weighted by atomic mass is 10.1. The summed E-state index contributed by atoms with van der Waals surface area (Å²) in [7, 11) is 0. The fourth-order valence-corrected chi connectivity index (χ4v) is 2.45. The number of carbonyl (C=O) groups is 2. The van der Waals surface area contributed by atoms with Crippen LogP contribution in [0.5, 0.6) is 0 Å². The lowest BCUT2D eigenvalue weighted by molar-refractivity contribution is -0.129. The summed E-state index contributed by atoms with van der Waals surface area (Å²) in [6.45, 7) is 7.05. The molecular formula is C20H24N2O2. The summed E-state index contributed by atoms with van der Waals surface area (Å²) in [5.74, 6) is -0.114. The van der Waals surface area contributed by atoms with Gasteiger partial charge >= 0.3 is 0 Å². The maximum Gasteiger partial charge on any atom is 0.251 e. The largest absolute Gasteiger partial charge is 0.350 e.